The van der Waals surface area contributed by atoms with E-state index in [9.17, 15) is 0 Å². The highest BCUT2D eigenvalue weighted by Crippen LogP contribution is 2.17. The Labute approximate surface area is 71.9 Å². The Kier molecular flexibility index (Phi) is 1.02. The maximum atomic E-state index is 4.31. The molecule has 0 N–H and O–H groups in total. The quantitative estimate of drug-likeness (QED) is 0.518. The number of aromatic nitrogens is 4. The van der Waals surface area contributed by atoms with Crippen LogP contribution in [0.25, 0.3) is 16.5 Å². The highest BCUT2D eigenvalue weighted by molar-refractivity contribution is 7.15. The molecular weight excluding hydrogens is 172 g/mol. The van der Waals surface area contributed by atoms with Gasteiger partial charge in [-0.2, -0.15) is 4.98 Å². The SMILES string of the molecule is c1nc2cn3ccsc3nc-2n1. The fourth-order valence-electron chi connectivity index (χ4n) is 1.13. The summed E-state index contributed by atoms with van der Waals surface area (Å²) in [7, 11) is 0. The van der Waals surface area contributed by atoms with Gasteiger partial charge in [-0.1, -0.05) is 0 Å². The normalized spacial score (nSPS) is 11.3. The molecule has 4 nitrogen and oxygen atoms in total. The molecule has 3 heterocycles. The molecule has 0 spiro atoms. The van der Waals surface area contributed by atoms with Gasteiger partial charge < -0.3 is 0 Å². The first kappa shape index (κ1) is 6.07. The van der Waals surface area contributed by atoms with E-state index in [4.69, 9.17) is 0 Å². The summed E-state index contributed by atoms with van der Waals surface area (Å²) in [6.45, 7) is 0. The Hall–Kier alpha value is -1.49. The molecule has 0 aromatic carbocycles. The fourth-order valence-corrected chi connectivity index (χ4v) is 1.82. The monoisotopic (exact) mass is 176 g/mol. The van der Waals surface area contributed by atoms with E-state index in [2.05, 4.69) is 15.0 Å². The van der Waals surface area contributed by atoms with Crippen molar-refractivity contribution >= 4 is 16.3 Å². The van der Waals surface area contributed by atoms with Crippen LogP contribution >= 0.6 is 11.3 Å². The van der Waals surface area contributed by atoms with Crippen LogP contribution < -0.4 is 0 Å². The summed E-state index contributed by atoms with van der Waals surface area (Å²) in [6.07, 6.45) is 5.42. The van der Waals surface area contributed by atoms with Crippen LogP contribution in [0.2, 0.25) is 0 Å². The van der Waals surface area contributed by atoms with Crippen molar-refractivity contribution in [3.8, 4) is 11.5 Å². The summed E-state index contributed by atoms with van der Waals surface area (Å²) in [5.41, 5.74) is 0.839. The number of imidazole rings is 1. The summed E-state index contributed by atoms with van der Waals surface area (Å²) >= 11 is 1.59. The molecule has 0 aliphatic carbocycles. The van der Waals surface area contributed by atoms with Crippen molar-refractivity contribution in [3.63, 3.8) is 0 Å². The fraction of sp³-hybridized carbons (Fsp3) is 0. The number of rotatable bonds is 0. The molecular formula is C7H4N4S. The second-order valence-electron chi connectivity index (χ2n) is 2.42. The molecule has 0 atom stereocenters. The largest absolute Gasteiger partial charge is 0.297 e. The lowest BCUT2D eigenvalue weighted by atomic mass is 10.4. The van der Waals surface area contributed by atoms with E-state index in [0.717, 1.165) is 16.5 Å². The molecule has 0 bridgehead atoms. The highest BCUT2D eigenvalue weighted by atomic mass is 32.1. The van der Waals surface area contributed by atoms with Gasteiger partial charge in [0.15, 0.2) is 10.8 Å². The molecule has 5 heteroatoms. The molecule has 12 heavy (non-hydrogen) atoms. The van der Waals surface area contributed by atoms with Crippen LogP contribution in [0.1, 0.15) is 0 Å². The number of fused-ring (bicyclic) bond motifs is 2. The molecule has 2 aliphatic rings. The van der Waals surface area contributed by atoms with Crippen molar-refractivity contribution in [2.24, 2.45) is 0 Å². The summed E-state index contributed by atoms with van der Waals surface area (Å²) in [5, 5.41) is 1.99. The van der Waals surface area contributed by atoms with Crippen LogP contribution in [0.5, 0.6) is 0 Å². The van der Waals surface area contributed by atoms with Crippen molar-refractivity contribution in [1.82, 2.24) is 19.4 Å². The van der Waals surface area contributed by atoms with Crippen LogP contribution in [0.15, 0.2) is 24.1 Å². The topological polar surface area (TPSA) is 43.1 Å². The van der Waals surface area contributed by atoms with E-state index in [0.29, 0.717) is 0 Å². The summed E-state index contributed by atoms with van der Waals surface area (Å²) in [5.74, 6) is 0.720. The number of hydrogen-bond donors (Lipinski definition) is 0. The number of thiazole rings is 1. The van der Waals surface area contributed by atoms with E-state index in [-0.39, 0.29) is 0 Å². The second kappa shape index (κ2) is 2.01. The highest BCUT2D eigenvalue weighted by Gasteiger charge is 2.08. The van der Waals surface area contributed by atoms with Gasteiger partial charge in [0.2, 0.25) is 0 Å². The van der Waals surface area contributed by atoms with E-state index >= 15 is 0 Å². The Bertz CT molecular complexity index is 455. The maximum Gasteiger partial charge on any atom is 0.195 e. The van der Waals surface area contributed by atoms with Gasteiger partial charge in [0.05, 0.1) is 0 Å². The van der Waals surface area contributed by atoms with Crippen molar-refractivity contribution in [2.75, 3.05) is 0 Å². The van der Waals surface area contributed by atoms with Crippen LogP contribution in [-0.2, 0) is 0 Å². The lowest BCUT2D eigenvalue weighted by Gasteiger charge is -1.95. The second-order valence-corrected chi connectivity index (χ2v) is 3.29. The molecule has 3 rings (SSSR count). The molecule has 58 valence electrons. The van der Waals surface area contributed by atoms with E-state index in [1.54, 1.807) is 11.3 Å². The Morgan fingerprint density at radius 3 is 3.33 bits per heavy atom. The van der Waals surface area contributed by atoms with Crippen molar-refractivity contribution < 1.29 is 0 Å². The van der Waals surface area contributed by atoms with Gasteiger partial charge >= 0.3 is 0 Å². The minimum Gasteiger partial charge on any atom is -0.297 e. The average Bonchev–Trinajstić information content (AvgIpc) is 2.64. The zero-order valence-corrected chi connectivity index (χ0v) is 6.82. The lowest BCUT2D eigenvalue weighted by Crippen LogP contribution is -1.90. The molecule has 0 amide bonds. The van der Waals surface area contributed by atoms with Gasteiger partial charge in [0, 0.05) is 17.8 Å². The Morgan fingerprint density at radius 1 is 1.33 bits per heavy atom. The van der Waals surface area contributed by atoms with Gasteiger partial charge in [-0.25, -0.2) is 9.97 Å². The first-order chi connectivity index (χ1) is 5.93. The third-order valence-corrected chi connectivity index (χ3v) is 2.46. The summed E-state index contributed by atoms with van der Waals surface area (Å²) in [6, 6.07) is 0. The molecule has 1 aromatic rings. The molecule has 0 unspecified atom stereocenters. The van der Waals surface area contributed by atoms with Crippen LogP contribution in [0.4, 0.5) is 0 Å². The van der Waals surface area contributed by atoms with E-state index < -0.39 is 0 Å². The van der Waals surface area contributed by atoms with Crippen LogP contribution in [0.3, 0.4) is 0 Å². The minimum atomic E-state index is 0.720. The van der Waals surface area contributed by atoms with E-state index in [1.165, 1.54) is 6.33 Å². The van der Waals surface area contributed by atoms with Crippen LogP contribution in [0, 0.1) is 0 Å². The smallest absolute Gasteiger partial charge is 0.195 e. The lowest BCUT2D eigenvalue weighted by molar-refractivity contribution is 1.11. The maximum absolute atomic E-state index is 4.31. The van der Waals surface area contributed by atoms with Gasteiger partial charge in [0.25, 0.3) is 0 Å². The Balaban J connectivity index is 2.56. The summed E-state index contributed by atoms with van der Waals surface area (Å²) < 4.78 is 1.95. The van der Waals surface area contributed by atoms with Crippen molar-refractivity contribution in [2.45, 2.75) is 0 Å². The van der Waals surface area contributed by atoms with Crippen molar-refractivity contribution in [1.29, 1.82) is 0 Å². The predicted octanol–water partition coefficient (Wildman–Crippen LogP) is 1.29. The molecule has 0 saturated heterocycles. The first-order valence-corrected chi connectivity index (χ1v) is 4.34. The third kappa shape index (κ3) is 0.683. The average molecular weight is 176 g/mol. The predicted molar refractivity (Wildman–Crippen MR) is 45.3 cm³/mol. The zero-order chi connectivity index (χ0) is 7.97. The van der Waals surface area contributed by atoms with Crippen LogP contribution in [-0.4, -0.2) is 19.4 Å². The third-order valence-electron chi connectivity index (χ3n) is 1.68. The zero-order valence-electron chi connectivity index (χ0n) is 6.01. The standard InChI is InChI=1S/C7H4N4S/c1-2-12-7-10-6-5(3-11(1)7)8-4-9-6/h1-4H. The minimum absolute atomic E-state index is 0.720. The van der Waals surface area contributed by atoms with E-state index in [1.807, 2.05) is 22.2 Å². The van der Waals surface area contributed by atoms with Gasteiger partial charge in [-0.05, 0) is 0 Å². The number of hydrogen-bond acceptors (Lipinski definition) is 4. The molecule has 0 fully saturated rings. The number of nitrogens with zero attached hydrogens (tertiary/aromatic N) is 4. The van der Waals surface area contributed by atoms with Crippen molar-refractivity contribution in [3.05, 3.63) is 24.1 Å². The molecule has 0 radical (unpaired) electrons. The molecule has 1 aromatic heterocycles. The Morgan fingerprint density at radius 2 is 2.33 bits per heavy atom. The molecule has 0 saturated carbocycles. The summed E-state index contributed by atoms with van der Waals surface area (Å²) in [4.78, 5) is 13.3. The molecule has 2 aliphatic heterocycles. The van der Waals surface area contributed by atoms with Gasteiger partial charge in [0.1, 0.15) is 12.0 Å². The van der Waals surface area contributed by atoms with Gasteiger partial charge in [-0.15, -0.1) is 11.3 Å². The van der Waals surface area contributed by atoms with Gasteiger partial charge in [-0.3, -0.25) is 4.40 Å². The first-order valence-electron chi connectivity index (χ1n) is 3.46.